The van der Waals surface area contributed by atoms with Crippen molar-refractivity contribution < 1.29 is 17.8 Å². The molecule has 2 aromatic rings. The smallest absolute Gasteiger partial charge is 0.329 e. The van der Waals surface area contributed by atoms with Gasteiger partial charge in [-0.1, -0.05) is 16.4 Å². The van der Waals surface area contributed by atoms with Gasteiger partial charge in [0, 0.05) is 13.0 Å². The van der Waals surface area contributed by atoms with Gasteiger partial charge in [-0.05, 0) is 0 Å². The number of sulfonamides is 1. The predicted octanol–water partition coefficient (Wildman–Crippen LogP) is 0.434. The number of hydrogen-bond acceptors (Lipinski definition) is 10. The first-order valence-corrected chi connectivity index (χ1v) is 7.21. The van der Waals surface area contributed by atoms with Crippen LogP contribution in [0.15, 0.2) is 14.7 Å². The molecule has 0 atom stereocenters. The largest absolute Gasteiger partial charge is 0.408 e. The molecule has 20 heavy (non-hydrogen) atoms. The molecule has 0 radical (unpaired) electrons. The Kier molecular flexibility index (Phi) is 3.56. The van der Waals surface area contributed by atoms with E-state index in [1.807, 2.05) is 4.72 Å². The number of nitrogen functional groups attached to an aromatic ring is 1. The van der Waals surface area contributed by atoms with Crippen LogP contribution in [-0.4, -0.2) is 23.5 Å². The fraction of sp³-hybridized carbons (Fsp3) is 0.143. The lowest BCUT2D eigenvalue weighted by molar-refractivity contribution is -0.383. The molecule has 0 bridgehead atoms. The molecular weight excluding hydrogens is 312 g/mol. The minimum absolute atomic E-state index is 0.0860. The van der Waals surface area contributed by atoms with Gasteiger partial charge in [0.2, 0.25) is 5.89 Å². The van der Waals surface area contributed by atoms with Crippen LogP contribution in [-0.2, 0) is 10.0 Å². The Hall–Kier alpha value is -2.25. The van der Waals surface area contributed by atoms with Crippen LogP contribution >= 0.6 is 11.3 Å². The summed E-state index contributed by atoms with van der Waals surface area (Å²) in [5, 5.41) is 17.6. The zero-order chi connectivity index (χ0) is 14.9. The number of thiophene rings is 1. The number of hydrazine groups is 1. The number of hydrogen-bond donors (Lipinski definition) is 3. The summed E-state index contributed by atoms with van der Waals surface area (Å²) in [4.78, 5) is 9.99. The number of nitrogens with two attached hydrogens (primary N) is 1. The molecule has 0 saturated carbocycles. The molecule has 0 spiro atoms. The molecule has 0 fully saturated rings. The van der Waals surface area contributed by atoms with Gasteiger partial charge >= 0.3 is 11.7 Å². The maximum Gasteiger partial charge on any atom is 0.329 e. The standard InChI is InChI=1S/C7H8N6O5S2/c1-3-10-11-7(18-3)12-20(16,17)5-2-4(13(14)15)6(9-8)19-5/h2,9H,8H2,1H3,(H,11,12). The van der Waals surface area contributed by atoms with Gasteiger partial charge in [0.15, 0.2) is 5.00 Å². The molecule has 0 saturated heterocycles. The van der Waals surface area contributed by atoms with E-state index in [2.05, 4.69) is 15.6 Å². The van der Waals surface area contributed by atoms with E-state index in [9.17, 15) is 18.5 Å². The van der Waals surface area contributed by atoms with Crippen molar-refractivity contribution in [1.29, 1.82) is 0 Å². The highest BCUT2D eigenvalue weighted by molar-refractivity contribution is 7.94. The minimum Gasteiger partial charge on any atom is -0.408 e. The minimum atomic E-state index is -4.07. The zero-order valence-corrected chi connectivity index (χ0v) is 11.5. The molecule has 0 aromatic carbocycles. The van der Waals surface area contributed by atoms with Crippen molar-refractivity contribution >= 4 is 38.1 Å². The highest BCUT2D eigenvalue weighted by Gasteiger charge is 2.27. The van der Waals surface area contributed by atoms with Crippen molar-refractivity contribution in [3.05, 3.63) is 22.1 Å². The summed E-state index contributed by atoms with van der Waals surface area (Å²) in [6.07, 6.45) is 0. The van der Waals surface area contributed by atoms with Crippen LogP contribution in [0, 0.1) is 17.0 Å². The van der Waals surface area contributed by atoms with Crippen molar-refractivity contribution in [3.8, 4) is 0 Å². The van der Waals surface area contributed by atoms with Crippen LogP contribution in [0.1, 0.15) is 5.89 Å². The van der Waals surface area contributed by atoms with E-state index < -0.39 is 20.6 Å². The van der Waals surface area contributed by atoms with Gasteiger partial charge in [-0.15, -0.1) is 5.10 Å². The molecule has 108 valence electrons. The van der Waals surface area contributed by atoms with Crippen molar-refractivity contribution in [2.75, 3.05) is 10.1 Å². The third kappa shape index (κ3) is 2.68. The van der Waals surface area contributed by atoms with Crippen molar-refractivity contribution in [2.24, 2.45) is 5.84 Å². The average molecular weight is 320 g/mol. The van der Waals surface area contributed by atoms with Crippen LogP contribution in [0.2, 0.25) is 0 Å². The van der Waals surface area contributed by atoms with Gasteiger partial charge in [-0.2, -0.15) is 0 Å². The SMILES string of the molecule is Cc1nnc(NS(=O)(=O)c2cc([N+](=O)[O-])c(NN)s2)o1. The topological polar surface area (TPSA) is 166 Å². The Labute approximate surface area is 116 Å². The van der Waals surface area contributed by atoms with E-state index >= 15 is 0 Å². The van der Waals surface area contributed by atoms with E-state index in [1.165, 1.54) is 6.92 Å². The zero-order valence-electron chi connectivity index (χ0n) is 9.85. The monoisotopic (exact) mass is 320 g/mol. The maximum atomic E-state index is 12.0. The van der Waals surface area contributed by atoms with Crippen LogP contribution in [0.4, 0.5) is 16.7 Å². The molecule has 0 amide bonds. The fourth-order valence-corrected chi connectivity index (χ4v) is 3.40. The second-order valence-electron chi connectivity index (χ2n) is 3.41. The van der Waals surface area contributed by atoms with Crippen LogP contribution in [0.5, 0.6) is 0 Å². The number of rotatable bonds is 5. The van der Waals surface area contributed by atoms with Crippen molar-refractivity contribution in [2.45, 2.75) is 11.1 Å². The first-order valence-electron chi connectivity index (χ1n) is 4.91. The third-order valence-electron chi connectivity index (χ3n) is 2.03. The summed E-state index contributed by atoms with van der Waals surface area (Å²) in [5.41, 5.74) is 1.63. The number of anilines is 2. The van der Waals surface area contributed by atoms with Gasteiger partial charge < -0.3 is 9.84 Å². The van der Waals surface area contributed by atoms with Gasteiger partial charge in [-0.3, -0.25) is 10.1 Å². The van der Waals surface area contributed by atoms with Gasteiger partial charge in [0.25, 0.3) is 10.0 Å². The molecule has 0 unspecified atom stereocenters. The quantitative estimate of drug-likeness (QED) is 0.402. The fourth-order valence-electron chi connectivity index (χ4n) is 1.23. The average Bonchev–Trinajstić information content (AvgIpc) is 2.95. The lowest BCUT2D eigenvalue weighted by Crippen LogP contribution is -2.11. The van der Waals surface area contributed by atoms with Crippen molar-refractivity contribution in [1.82, 2.24) is 10.2 Å². The summed E-state index contributed by atoms with van der Waals surface area (Å²) in [7, 11) is -4.07. The molecule has 0 aliphatic carbocycles. The Morgan fingerprint density at radius 1 is 1.50 bits per heavy atom. The highest BCUT2D eigenvalue weighted by atomic mass is 32.2. The van der Waals surface area contributed by atoms with E-state index in [0.29, 0.717) is 11.3 Å². The summed E-state index contributed by atoms with van der Waals surface area (Å²) in [5.74, 6) is 5.27. The first kappa shape index (κ1) is 14.2. The van der Waals surface area contributed by atoms with Gasteiger partial charge in [0.1, 0.15) is 4.21 Å². The molecule has 11 nitrogen and oxygen atoms in total. The molecule has 0 aliphatic rings. The normalized spacial score (nSPS) is 11.3. The van der Waals surface area contributed by atoms with Gasteiger partial charge in [0.05, 0.1) is 4.92 Å². The Morgan fingerprint density at radius 2 is 2.20 bits per heavy atom. The van der Waals surface area contributed by atoms with Crippen LogP contribution in [0.25, 0.3) is 0 Å². The van der Waals surface area contributed by atoms with E-state index in [0.717, 1.165) is 6.07 Å². The maximum absolute atomic E-state index is 12.0. The summed E-state index contributed by atoms with van der Waals surface area (Å²) < 4.78 is 30.6. The first-order chi connectivity index (χ1) is 9.33. The van der Waals surface area contributed by atoms with Crippen molar-refractivity contribution in [3.63, 3.8) is 0 Å². The lowest BCUT2D eigenvalue weighted by Gasteiger charge is -1.99. The molecule has 13 heteroatoms. The van der Waals surface area contributed by atoms with Gasteiger partial charge in [-0.25, -0.2) is 19.0 Å². The number of nitrogens with one attached hydrogen (secondary N) is 2. The van der Waals surface area contributed by atoms with E-state index in [1.54, 1.807) is 0 Å². The van der Waals surface area contributed by atoms with Crippen LogP contribution in [0.3, 0.4) is 0 Å². The Balaban J connectivity index is 2.37. The number of nitro groups is 1. The van der Waals surface area contributed by atoms with E-state index in [4.69, 9.17) is 10.3 Å². The number of aryl methyl sites for hydroxylation is 1. The molecule has 2 aromatic heterocycles. The molecule has 2 rings (SSSR count). The molecule has 0 aliphatic heterocycles. The third-order valence-corrected chi connectivity index (χ3v) is 4.88. The van der Waals surface area contributed by atoms with E-state index in [-0.39, 0.29) is 21.1 Å². The highest BCUT2D eigenvalue weighted by Crippen LogP contribution is 2.36. The number of aromatic nitrogens is 2. The van der Waals surface area contributed by atoms with Crippen LogP contribution < -0.4 is 16.0 Å². The Bertz CT molecular complexity index is 750. The molecular formula is C7H8N6O5S2. The Morgan fingerprint density at radius 3 is 2.65 bits per heavy atom. The second-order valence-corrected chi connectivity index (χ2v) is 6.37. The predicted molar refractivity (Wildman–Crippen MR) is 68.6 cm³/mol. The summed E-state index contributed by atoms with van der Waals surface area (Å²) in [6, 6.07) is 0.548. The second kappa shape index (κ2) is 5.03. The molecule has 2 heterocycles. The molecule has 4 N–H and O–H groups in total. The summed E-state index contributed by atoms with van der Waals surface area (Å²) in [6.45, 7) is 1.48. The lowest BCUT2D eigenvalue weighted by atomic mass is 10.5. The summed E-state index contributed by atoms with van der Waals surface area (Å²) >= 11 is 0.603. The number of nitrogens with zero attached hydrogens (tertiary/aromatic N) is 3.